The van der Waals surface area contributed by atoms with E-state index in [0.29, 0.717) is 12.8 Å². The third kappa shape index (κ3) is 11.8. The van der Waals surface area contributed by atoms with Crippen LogP contribution in [0.3, 0.4) is 0 Å². The highest BCUT2D eigenvalue weighted by Gasteiger charge is 2.58. The number of methoxy groups -OCH3 is 2. The van der Waals surface area contributed by atoms with Crippen molar-refractivity contribution in [1.82, 2.24) is 58.3 Å². The van der Waals surface area contributed by atoms with Gasteiger partial charge in [0.25, 0.3) is 17.1 Å². The van der Waals surface area contributed by atoms with Crippen LogP contribution in [0.4, 0.5) is 17.7 Å². The molecule has 0 amide bonds. The second kappa shape index (κ2) is 22.4. The van der Waals surface area contributed by atoms with E-state index in [0.717, 1.165) is 30.7 Å². The molecule has 450 valence electrons. The summed E-state index contributed by atoms with van der Waals surface area (Å²) < 4.78 is 141. The topological polar surface area (TPSA) is 568 Å². The van der Waals surface area contributed by atoms with Crippen molar-refractivity contribution in [1.29, 1.82) is 0 Å². The minimum Gasteiger partial charge on any atom is -0.387 e. The normalized spacial score (nSPS) is 30.0. The van der Waals surface area contributed by atoms with E-state index < -0.39 is 157 Å². The van der Waals surface area contributed by atoms with Gasteiger partial charge in [-0.3, -0.25) is 46.9 Å². The number of hydrogen-bond donors (Lipinski definition) is 12. The van der Waals surface area contributed by atoms with Gasteiger partial charge in [-0.15, -0.1) is 0 Å². The minimum absolute atomic E-state index is 0.0116. The zero-order valence-electron chi connectivity index (χ0n) is 42.5. The summed E-state index contributed by atoms with van der Waals surface area (Å²) in [6, 6.07) is 0. The van der Waals surface area contributed by atoms with Gasteiger partial charge in [0.1, 0.15) is 54.1 Å². The number of sulfonamides is 1. The number of hydrogen-bond acceptors (Lipinski definition) is 29. The van der Waals surface area contributed by atoms with Gasteiger partial charge in [0.2, 0.25) is 27.7 Å². The standard InChI is InChI=1S/C37H52N16O24P4S/c1-50-13-53(30-21(50)32(57)49-37(40)47-30)34-24(68-2)15(6-45-82(66,67)14-4-5-14)16(73-34)7-71-79(60,61)76-81(64,65)77-80(62,63)72-9-18-26(25(69-3)35(75-18)51-11-43-19-27(38)41-10-42-28(19)51)78(58,59)70-8-17-22(54)23(55)33(74-17)52-12-44-20-29(52)46-36(39)48-31(20)56/h10-18,22-26,33-35,45,54-55H,4-9H2,1-3H3,(H11-,38,39,40,41,42,46,47,48,49,56,57,58,59,60,61,62,63,64,65)/p+1/t15-,16-,17-,18-,22-,23-,24-,25-,26-,33-,34-,35-/m1/s1. The molecule has 15 N–H and O–H groups in total. The summed E-state index contributed by atoms with van der Waals surface area (Å²) in [4.78, 5) is 98.0. The van der Waals surface area contributed by atoms with Gasteiger partial charge in [0.15, 0.2) is 41.4 Å². The number of phosphoric ester groups is 2. The molecule has 6 aromatic heterocycles. The second-order valence-corrected chi connectivity index (χ2v) is 27.6. The minimum atomic E-state index is -6.27. The summed E-state index contributed by atoms with van der Waals surface area (Å²) in [6.45, 7) is -3.74. The first-order valence-electron chi connectivity index (χ1n) is 24.0. The van der Waals surface area contributed by atoms with Crippen LogP contribution < -0.4 is 37.6 Å². The maximum atomic E-state index is 14.5. The van der Waals surface area contributed by atoms with Crippen molar-refractivity contribution >= 4 is 92.3 Å². The summed E-state index contributed by atoms with van der Waals surface area (Å²) >= 11 is 0. The maximum Gasteiger partial charge on any atom is 0.490 e. The second-order valence-electron chi connectivity index (χ2n) is 19.0. The largest absolute Gasteiger partial charge is 0.490 e. The Morgan fingerprint density at radius 2 is 1.34 bits per heavy atom. The van der Waals surface area contributed by atoms with Crippen molar-refractivity contribution in [3.63, 3.8) is 0 Å². The monoisotopic (exact) mass is 1260 g/mol. The van der Waals surface area contributed by atoms with E-state index in [-0.39, 0.29) is 51.2 Å². The van der Waals surface area contributed by atoms with Crippen molar-refractivity contribution in [2.24, 2.45) is 13.0 Å². The third-order valence-electron chi connectivity index (χ3n) is 13.6. The van der Waals surface area contributed by atoms with Gasteiger partial charge in [-0.2, -0.15) is 13.6 Å². The van der Waals surface area contributed by atoms with Gasteiger partial charge in [0.05, 0.1) is 50.9 Å². The predicted molar refractivity (Wildman–Crippen MR) is 270 cm³/mol. The summed E-state index contributed by atoms with van der Waals surface area (Å²) in [5.74, 6) is -1.79. The number of nitrogens with zero attached hydrogens (tertiary/aromatic N) is 10. The number of fused-ring (bicyclic) bond motifs is 3. The van der Waals surface area contributed by atoms with Gasteiger partial charge in [-0.1, -0.05) is 4.98 Å². The lowest BCUT2D eigenvalue weighted by Crippen LogP contribution is -2.47. The molecule has 0 bridgehead atoms. The zero-order valence-corrected chi connectivity index (χ0v) is 46.9. The van der Waals surface area contributed by atoms with E-state index in [9.17, 15) is 66.1 Å². The first kappa shape index (κ1) is 60.0. The Bertz CT molecular complexity index is 3860. The van der Waals surface area contributed by atoms with Crippen molar-refractivity contribution < 1.29 is 107 Å². The quantitative estimate of drug-likeness (QED) is 0.0217. The first-order valence-corrected chi connectivity index (χ1v) is 31.7. The van der Waals surface area contributed by atoms with Crippen molar-refractivity contribution in [3.05, 3.63) is 46.0 Å². The number of aromatic nitrogens is 12. The van der Waals surface area contributed by atoms with Crippen LogP contribution in [0.25, 0.3) is 33.5 Å². The Hall–Kier alpha value is -5.16. The van der Waals surface area contributed by atoms with Crippen LogP contribution in [0.1, 0.15) is 31.5 Å². The van der Waals surface area contributed by atoms with E-state index >= 15 is 0 Å². The number of phosphoric acid groups is 3. The molecule has 40 nitrogen and oxygen atoms in total. The highest BCUT2D eigenvalue weighted by atomic mass is 32.2. The molecule has 4 fully saturated rings. The van der Waals surface area contributed by atoms with E-state index in [1.54, 1.807) is 0 Å². The highest BCUT2D eigenvalue weighted by Crippen LogP contribution is 2.68. The highest BCUT2D eigenvalue weighted by molar-refractivity contribution is 7.90. The van der Waals surface area contributed by atoms with Crippen LogP contribution >= 0.6 is 31.1 Å². The fraction of sp³-hybridized carbons (Fsp3) is 0.595. The fourth-order valence-electron chi connectivity index (χ4n) is 9.81. The van der Waals surface area contributed by atoms with E-state index in [2.05, 4.69) is 53.2 Å². The molecule has 1 saturated carbocycles. The number of nitrogen functional groups attached to an aromatic ring is 3. The Morgan fingerprint density at radius 3 is 2.00 bits per heavy atom. The van der Waals surface area contributed by atoms with Gasteiger partial charge in [-0.25, -0.2) is 51.3 Å². The van der Waals surface area contributed by atoms with Crippen molar-refractivity contribution in [3.8, 4) is 0 Å². The predicted octanol–water partition coefficient (Wildman–Crippen LogP) is -3.65. The molecule has 3 aliphatic heterocycles. The molecule has 1 aliphatic carbocycles. The molecular formula is C37H53N16O24P4S+. The van der Waals surface area contributed by atoms with Crippen LogP contribution in [-0.4, -0.2) is 186 Å². The number of aryl methyl sites for hydroxylation is 1. The number of nitrogens with two attached hydrogens (primary N) is 3. The first-order chi connectivity index (χ1) is 38.5. The molecule has 82 heavy (non-hydrogen) atoms. The lowest BCUT2D eigenvalue weighted by atomic mass is 9.98. The third-order valence-corrected chi connectivity index (χ3v) is 21.7. The van der Waals surface area contributed by atoms with E-state index in [4.69, 9.17) is 54.5 Å². The summed E-state index contributed by atoms with van der Waals surface area (Å²) in [5.41, 5.74) is 13.8. The molecular weight excluding hydrogens is 1210 g/mol. The van der Waals surface area contributed by atoms with Gasteiger partial charge >= 0.3 is 36.7 Å². The molecule has 0 radical (unpaired) electrons. The van der Waals surface area contributed by atoms with E-state index in [1.165, 1.54) is 34.2 Å². The number of aliphatic hydroxyl groups is 2. The number of rotatable bonds is 23. The molecule has 45 heteroatoms. The Kier molecular flexibility index (Phi) is 16.4. The molecule has 0 spiro atoms. The molecule has 0 aromatic carbocycles. The van der Waals surface area contributed by atoms with E-state index in [1.807, 2.05) is 0 Å². The Balaban J connectivity index is 0.839. The summed E-state index contributed by atoms with van der Waals surface area (Å²) in [5, 5.41) is 21.3. The molecule has 16 atom stereocenters. The lowest BCUT2D eigenvalue weighted by molar-refractivity contribution is -0.746. The summed E-state index contributed by atoms with van der Waals surface area (Å²) in [6.07, 6.45) is -10.2. The smallest absolute Gasteiger partial charge is 0.387 e. The molecule has 4 unspecified atom stereocenters. The number of aromatic amines is 2. The van der Waals surface area contributed by atoms with Gasteiger partial charge in [-0.05, 0) is 12.8 Å². The number of aliphatic hydroxyl groups excluding tert-OH is 2. The van der Waals surface area contributed by atoms with Crippen LogP contribution in [-0.2, 0) is 81.2 Å². The number of ether oxygens (including phenoxy) is 5. The average molecular weight is 1260 g/mol. The van der Waals surface area contributed by atoms with Crippen LogP contribution in [0.15, 0.2) is 34.9 Å². The average Bonchev–Trinajstić information content (AvgIpc) is 3.87. The van der Waals surface area contributed by atoms with Crippen LogP contribution in [0.5, 0.6) is 0 Å². The SMILES string of the molecule is CO[C@@H]1[C@H](P(=O)(O)OC[C@H]2O[C@@H](n3cnc4c(=O)[nH]c(N)nc43)[C@H](O)[C@@H]2O)[C@@H](COP(=O)(O)OP(=O)(O)OP(=O)(O)OC[C@H]2O[C@@H]([n+]3cn(C)c4c(=O)[nH]c(N)nc43)[C@H](OC)[C@@H]2CNS(=O)(=O)C2CC2)O[C@H]1n1cnc2c(N)ncnc21. The number of anilines is 3. The van der Waals surface area contributed by atoms with Gasteiger partial charge < -0.3 is 75.2 Å². The molecule has 4 aliphatic rings. The van der Waals surface area contributed by atoms with Crippen LogP contribution in [0.2, 0.25) is 0 Å². The Morgan fingerprint density at radius 1 is 0.744 bits per heavy atom. The molecule has 6 aromatic rings. The molecule has 10 rings (SSSR count). The molecule has 3 saturated heterocycles. The maximum absolute atomic E-state index is 14.5. The van der Waals surface area contributed by atoms with Gasteiger partial charge in [0, 0.05) is 26.7 Å². The number of nitrogens with one attached hydrogen (secondary N) is 3. The summed E-state index contributed by atoms with van der Waals surface area (Å²) in [7, 11) is -23.6. The van der Waals surface area contributed by atoms with Crippen molar-refractivity contribution in [2.45, 2.75) is 85.2 Å². The Labute approximate surface area is 458 Å². The number of imidazole rings is 3. The number of H-pyrrole nitrogens is 2. The zero-order chi connectivity index (χ0) is 59.2. The lowest BCUT2D eigenvalue weighted by Gasteiger charge is -2.28. The fourth-order valence-corrected chi connectivity index (χ4v) is 16.5. The molecule has 9 heterocycles. The van der Waals surface area contributed by atoms with Crippen LogP contribution in [0, 0.1) is 5.92 Å². The van der Waals surface area contributed by atoms with Crippen molar-refractivity contribution in [2.75, 3.05) is 57.8 Å².